The average molecular weight is 400 g/mol. The summed E-state index contributed by atoms with van der Waals surface area (Å²) in [6.45, 7) is 8.53. The number of hydrogen-bond donors (Lipinski definition) is 0. The molecule has 1 rings (SSSR count). The summed E-state index contributed by atoms with van der Waals surface area (Å²) in [6.07, 6.45) is 4.79. The molecule has 0 aliphatic carbocycles. The molecule has 0 aliphatic heterocycles. The molecule has 0 saturated carbocycles. The van der Waals surface area contributed by atoms with Gasteiger partial charge in [0.1, 0.15) is 0 Å². The van der Waals surface area contributed by atoms with Gasteiger partial charge in [0.05, 0.1) is 13.4 Å². The van der Waals surface area contributed by atoms with Crippen molar-refractivity contribution in [3.63, 3.8) is 0 Å². The van der Waals surface area contributed by atoms with Gasteiger partial charge in [0.15, 0.2) is 11.5 Å². The number of unbranched alkanes of at least 4 members (excludes halogenated alkanes) is 1. The van der Waals surface area contributed by atoms with Crippen molar-refractivity contribution < 1.29 is 22.1 Å². The quantitative estimate of drug-likeness (QED) is 0.526. The molecule has 6 nitrogen and oxygen atoms in total. The standard InChI is InChI=1S/C20H33NO5S/c1-7-9-10-17(8-2)20(22)21(15(3)4)14-16-11-12-18(25-5)19(13-16)26-27(6,23)24/h11-13,15,17H,7-10,14H2,1-6H3/t17-/m1/s1. The molecule has 1 amide bonds. The topological polar surface area (TPSA) is 72.9 Å². The molecule has 0 aliphatic rings. The van der Waals surface area contributed by atoms with Crippen molar-refractivity contribution in [1.82, 2.24) is 4.90 Å². The molecule has 1 atom stereocenters. The first-order valence-electron chi connectivity index (χ1n) is 9.49. The second kappa shape index (κ2) is 10.5. The fourth-order valence-electron chi connectivity index (χ4n) is 2.95. The highest BCUT2D eigenvalue weighted by Crippen LogP contribution is 2.30. The van der Waals surface area contributed by atoms with E-state index >= 15 is 0 Å². The van der Waals surface area contributed by atoms with Crippen molar-refractivity contribution >= 4 is 16.0 Å². The second-order valence-electron chi connectivity index (χ2n) is 7.08. The van der Waals surface area contributed by atoms with E-state index in [-0.39, 0.29) is 23.6 Å². The number of rotatable bonds is 11. The van der Waals surface area contributed by atoms with Crippen LogP contribution in [0.4, 0.5) is 0 Å². The molecular weight excluding hydrogens is 366 g/mol. The van der Waals surface area contributed by atoms with Crippen LogP contribution in [0.2, 0.25) is 0 Å². The highest BCUT2D eigenvalue weighted by Gasteiger charge is 2.25. The second-order valence-corrected chi connectivity index (χ2v) is 8.65. The summed E-state index contributed by atoms with van der Waals surface area (Å²) in [7, 11) is -2.22. The van der Waals surface area contributed by atoms with Gasteiger partial charge in [-0.25, -0.2) is 0 Å². The van der Waals surface area contributed by atoms with E-state index < -0.39 is 10.1 Å². The van der Waals surface area contributed by atoms with E-state index in [0.29, 0.717) is 12.3 Å². The molecular formula is C20H33NO5S. The molecule has 0 bridgehead atoms. The molecule has 0 spiro atoms. The Kier molecular flexibility index (Phi) is 9.09. The van der Waals surface area contributed by atoms with E-state index in [9.17, 15) is 13.2 Å². The zero-order chi connectivity index (χ0) is 20.6. The van der Waals surface area contributed by atoms with Crippen LogP contribution in [0, 0.1) is 5.92 Å². The largest absolute Gasteiger partial charge is 0.493 e. The third-order valence-corrected chi connectivity index (χ3v) is 4.96. The fraction of sp³-hybridized carbons (Fsp3) is 0.650. The number of methoxy groups -OCH3 is 1. The van der Waals surface area contributed by atoms with Crippen LogP contribution in [0.1, 0.15) is 58.9 Å². The molecule has 154 valence electrons. The van der Waals surface area contributed by atoms with Gasteiger partial charge >= 0.3 is 10.1 Å². The zero-order valence-corrected chi connectivity index (χ0v) is 18.1. The number of amides is 1. The van der Waals surface area contributed by atoms with E-state index in [1.165, 1.54) is 7.11 Å². The van der Waals surface area contributed by atoms with Crippen LogP contribution in [0.5, 0.6) is 11.5 Å². The van der Waals surface area contributed by atoms with Gasteiger partial charge in [0.2, 0.25) is 5.91 Å². The lowest BCUT2D eigenvalue weighted by atomic mass is 9.97. The average Bonchev–Trinajstić information content (AvgIpc) is 2.58. The number of carbonyl (C=O) groups is 1. The van der Waals surface area contributed by atoms with Crippen LogP contribution in [0.25, 0.3) is 0 Å². The summed E-state index contributed by atoms with van der Waals surface area (Å²) in [5, 5.41) is 0. The third-order valence-electron chi connectivity index (χ3n) is 4.48. The highest BCUT2D eigenvalue weighted by atomic mass is 32.2. The Labute approximate surface area is 164 Å². The van der Waals surface area contributed by atoms with Crippen molar-refractivity contribution in [3.05, 3.63) is 23.8 Å². The number of hydrogen-bond acceptors (Lipinski definition) is 5. The lowest BCUT2D eigenvalue weighted by Gasteiger charge is -2.31. The van der Waals surface area contributed by atoms with Gasteiger partial charge in [-0.1, -0.05) is 32.8 Å². The molecule has 1 aromatic carbocycles. The maximum Gasteiger partial charge on any atom is 0.306 e. The Morgan fingerprint density at radius 2 is 1.85 bits per heavy atom. The molecule has 0 N–H and O–H groups in total. The number of carbonyl (C=O) groups excluding carboxylic acids is 1. The van der Waals surface area contributed by atoms with Crippen molar-refractivity contribution in [3.8, 4) is 11.5 Å². The summed E-state index contributed by atoms with van der Waals surface area (Å²) >= 11 is 0. The minimum absolute atomic E-state index is 0.0114. The monoisotopic (exact) mass is 399 g/mol. The van der Waals surface area contributed by atoms with Crippen molar-refractivity contribution in [2.75, 3.05) is 13.4 Å². The van der Waals surface area contributed by atoms with Gasteiger partial charge in [-0.3, -0.25) is 4.79 Å². The summed E-state index contributed by atoms with van der Waals surface area (Å²) in [5.74, 6) is 0.618. The molecule has 27 heavy (non-hydrogen) atoms. The number of benzene rings is 1. The van der Waals surface area contributed by atoms with Gasteiger partial charge < -0.3 is 13.8 Å². The van der Waals surface area contributed by atoms with Gasteiger partial charge in [0.25, 0.3) is 0 Å². The van der Waals surface area contributed by atoms with E-state index in [1.54, 1.807) is 12.1 Å². The molecule has 0 saturated heterocycles. The lowest BCUT2D eigenvalue weighted by Crippen LogP contribution is -2.40. The van der Waals surface area contributed by atoms with E-state index in [2.05, 4.69) is 6.92 Å². The van der Waals surface area contributed by atoms with Crippen LogP contribution in [-0.2, 0) is 21.5 Å². The first-order valence-corrected chi connectivity index (χ1v) is 11.3. The van der Waals surface area contributed by atoms with E-state index in [0.717, 1.165) is 37.5 Å². The lowest BCUT2D eigenvalue weighted by molar-refractivity contribution is -0.138. The zero-order valence-electron chi connectivity index (χ0n) is 17.3. The van der Waals surface area contributed by atoms with Crippen LogP contribution >= 0.6 is 0 Å². The minimum Gasteiger partial charge on any atom is -0.493 e. The van der Waals surface area contributed by atoms with Gasteiger partial charge in [-0.2, -0.15) is 8.42 Å². The molecule has 1 aromatic rings. The molecule has 0 heterocycles. The first kappa shape index (κ1) is 23.3. The minimum atomic E-state index is -3.68. The molecule has 0 aromatic heterocycles. The van der Waals surface area contributed by atoms with E-state index in [4.69, 9.17) is 8.92 Å². The van der Waals surface area contributed by atoms with Gasteiger partial charge in [0, 0.05) is 18.5 Å². The normalized spacial score (nSPS) is 12.7. The first-order chi connectivity index (χ1) is 12.6. The summed E-state index contributed by atoms with van der Waals surface area (Å²) < 4.78 is 33.2. The Morgan fingerprint density at radius 3 is 2.33 bits per heavy atom. The number of ether oxygens (including phenoxy) is 1. The van der Waals surface area contributed by atoms with Crippen LogP contribution < -0.4 is 8.92 Å². The molecule has 0 radical (unpaired) electrons. The van der Waals surface area contributed by atoms with Gasteiger partial charge in [-0.15, -0.1) is 0 Å². The fourth-order valence-corrected chi connectivity index (χ4v) is 3.40. The maximum atomic E-state index is 13.0. The smallest absolute Gasteiger partial charge is 0.306 e. The summed E-state index contributed by atoms with van der Waals surface area (Å²) in [5.41, 5.74) is 0.793. The SMILES string of the molecule is CCCC[C@@H](CC)C(=O)N(Cc1ccc(OC)c(OS(C)(=O)=O)c1)C(C)C. The maximum absolute atomic E-state index is 13.0. The summed E-state index contributed by atoms with van der Waals surface area (Å²) in [4.78, 5) is 14.9. The third kappa shape index (κ3) is 7.40. The summed E-state index contributed by atoms with van der Waals surface area (Å²) in [6, 6.07) is 5.14. The van der Waals surface area contributed by atoms with Crippen LogP contribution in [-0.4, -0.2) is 38.6 Å². The van der Waals surface area contributed by atoms with Crippen LogP contribution in [0.3, 0.4) is 0 Å². The Morgan fingerprint density at radius 1 is 1.19 bits per heavy atom. The predicted molar refractivity (Wildman–Crippen MR) is 107 cm³/mol. The molecule has 0 fully saturated rings. The Balaban J connectivity index is 3.09. The van der Waals surface area contributed by atoms with Crippen LogP contribution in [0.15, 0.2) is 18.2 Å². The highest BCUT2D eigenvalue weighted by molar-refractivity contribution is 7.86. The van der Waals surface area contributed by atoms with E-state index in [1.807, 2.05) is 31.7 Å². The Hall–Kier alpha value is -1.76. The molecule has 7 heteroatoms. The molecule has 0 unspecified atom stereocenters. The van der Waals surface area contributed by atoms with Crippen molar-refractivity contribution in [1.29, 1.82) is 0 Å². The predicted octanol–water partition coefficient (Wildman–Crippen LogP) is 3.99. The van der Waals surface area contributed by atoms with Crippen molar-refractivity contribution in [2.24, 2.45) is 5.92 Å². The van der Waals surface area contributed by atoms with Crippen molar-refractivity contribution in [2.45, 2.75) is 66.0 Å². The number of nitrogens with zero attached hydrogens (tertiary/aromatic N) is 1. The van der Waals surface area contributed by atoms with Gasteiger partial charge in [-0.05, 0) is 44.4 Å². The Bertz CT molecular complexity index is 715.